The molecule has 2 aromatic carbocycles. The average Bonchev–Trinajstić information content (AvgIpc) is 2.98. The molecule has 140 valence electrons. The Kier molecular flexibility index (Phi) is 5.12. The van der Waals surface area contributed by atoms with Crippen molar-refractivity contribution in [1.82, 2.24) is 0 Å². The van der Waals surface area contributed by atoms with Gasteiger partial charge < -0.3 is 19.5 Å². The van der Waals surface area contributed by atoms with Crippen molar-refractivity contribution in [2.24, 2.45) is 0 Å². The first-order valence-corrected chi connectivity index (χ1v) is 8.31. The van der Waals surface area contributed by atoms with Crippen LogP contribution in [0.25, 0.3) is 0 Å². The molecule has 0 saturated carbocycles. The fraction of sp³-hybridized carbons (Fsp3) is 0.250. The molecule has 1 aliphatic rings. The van der Waals surface area contributed by atoms with E-state index in [1.165, 1.54) is 26.4 Å². The Labute approximate surface area is 156 Å². The zero-order chi connectivity index (χ0) is 19.6. The zero-order valence-corrected chi connectivity index (χ0v) is 15.2. The second kappa shape index (κ2) is 7.49. The Morgan fingerprint density at radius 1 is 1.00 bits per heavy atom. The average molecular weight is 369 g/mol. The maximum Gasteiger partial charge on any atom is 0.338 e. The van der Waals surface area contributed by atoms with E-state index in [2.05, 4.69) is 5.32 Å². The summed E-state index contributed by atoms with van der Waals surface area (Å²) < 4.78 is 15.4. The minimum atomic E-state index is -0.643. The molecule has 1 amide bonds. The fourth-order valence-electron chi connectivity index (χ4n) is 2.85. The third kappa shape index (κ3) is 3.62. The van der Waals surface area contributed by atoms with Crippen LogP contribution < -0.4 is 14.8 Å². The summed E-state index contributed by atoms with van der Waals surface area (Å²) in [5, 5.41) is 2.75. The van der Waals surface area contributed by atoms with Crippen LogP contribution in [0.3, 0.4) is 0 Å². The quantitative estimate of drug-likeness (QED) is 0.622. The number of ether oxygens (including phenoxy) is 3. The normalized spacial score (nSPS) is 14.9. The van der Waals surface area contributed by atoms with E-state index in [1.807, 2.05) is 0 Å². The molecule has 0 fully saturated rings. The minimum absolute atomic E-state index is 0.102. The number of methoxy groups -OCH3 is 2. The van der Waals surface area contributed by atoms with Crippen molar-refractivity contribution in [2.75, 3.05) is 26.1 Å². The number of hydrogen-bond acceptors (Lipinski definition) is 6. The van der Waals surface area contributed by atoms with Crippen LogP contribution in [0.2, 0.25) is 0 Å². The summed E-state index contributed by atoms with van der Waals surface area (Å²) in [5.41, 5.74) is 2.10. The number of esters is 1. The largest absolute Gasteiger partial charge is 0.493 e. The summed E-state index contributed by atoms with van der Waals surface area (Å²) >= 11 is 0. The lowest BCUT2D eigenvalue weighted by molar-refractivity contribution is -0.116. The van der Waals surface area contributed by atoms with Crippen LogP contribution in [0, 0.1) is 0 Å². The van der Waals surface area contributed by atoms with Crippen molar-refractivity contribution >= 4 is 23.3 Å². The van der Waals surface area contributed by atoms with Gasteiger partial charge in [-0.05, 0) is 48.9 Å². The maximum atomic E-state index is 12.4. The van der Waals surface area contributed by atoms with Crippen molar-refractivity contribution in [1.29, 1.82) is 0 Å². The lowest BCUT2D eigenvalue weighted by Crippen LogP contribution is -2.14. The van der Waals surface area contributed by atoms with Crippen molar-refractivity contribution in [3.05, 3.63) is 53.1 Å². The molecule has 7 nitrogen and oxygen atoms in total. The molecule has 0 aliphatic carbocycles. The monoisotopic (exact) mass is 369 g/mol. The number of ketones is 1. The third-order valence-corrected chi connectivity index (χ3v) is 4.44. The first-order chi connectivity index (χ1) is 12.9. The van der Waals surface area contributed by atoms with Crippen LogP contribution in [0.1, 0.15) is 39.1 Å². The van der Waals surface area contributed by atoms with Gasteiger partial charge in [-0.25, -0.2) is 4.79 Å². The number of carbonyl (C=O) groups is 3. The van der Waals surface area contributed by atoms with Crippen LogP contribution in [-0.4, -0.2) is 38.5 Å². The molecule has 27 heavy (non-hydrogen) atoms. The van der Waals surface area contributed by atoms with E-state index in [-0.39, 0.29) is 23.2 Å². The summed E-state index contributed by atoms with van der Waals surface area (Å²) in [5.74, 6) is -0.533. The molecule has 0 spiro atoms. The minimum Gasteiger partial charge on any atom is -0.493 e. The highest BCUT2D eigenvalue weighted by Gasteiger charge is 2.27. The summed E-state index contributed by atoms with van der Waals surface area (Å²) in [6.45, 7) is 1.37. The maximum absolute atomic E-state index is 12.4. The van der Waals surface area contributed by atoms with Gasteiger partial charge in [0.2, 0.25) is 5.91 Å². The van der Waals surface area contributed by atoms with Gasteiger partial charge in [-0.15, -0.1) is 0 Å². The van der Waals surface area contributed by atoms with Crippen molar-refractivity contribution < 1.29 is 28.6 Å². The fourth-order valence-corrected chi connectivity index (χ4v) is 2.85. The number of carbonyl (C=O) groups excluding carboxylic acids is 3. The van der Waals surface area contributed by atoms with Gasteiger partial charge in [-0.1, -0.05) is 0 Å². The molecular formula is C20H19NO6. The van der Waals surface area contributed by atoms with Crippen LogP contribution in [0.5, 0.6) is 11.5 Å². The molecule has 0 radical (unpaired) electrons. The summed E-state index contributed by atoms with van der Waals surface area (Å²) in [4.78, 5) is 36.3. The number of hydrogen-bond donors (Lipinski definition) is 1. The standard InChI is InChI=1S/C20H19NO6/c1-11-14-8-12(4-6-15(14)21-19(11)23)16(22)10-27-20(24)13-5-7-17(25-2)18(9-13)26-3/h4-9,11H,10H2,1-3H3,(H,21,23)/t11-/m0/s1. The number of nitrogens with one attached hydrogen (secondary N) is 1. The lowest BCUT2D eigenvalue weighted by Gasteiger charge is -2.10. The van der Waals surface area contributed by atoms with E-state index < -0.39 is 12.6 Å². The van der Waals surface area contributed by atoms with Gasteiger partial charge >= 0.3 is 5.97 Å². The van der Waals surface area contributed by atoms with E-state index in [4.69, 9.17) is 14.2 Å². The lowest BCUT2D eigenvalue weighted by atomic mass is 9.99. The Morgan fingerprint density at radius 3 is 2.41 bits per heavy atom. The molecule has 2 aromatic rings. The SMILES string of the molecule is COc1ccc(C(=O)OCC(=O)c2ccc3c(c2)[C@H](C)C(=O)N3)cc1OC. The smallest absolute Gasteiger partial charge is 0.338 e. The van der Waals surface area contributed by atoms with Gasteiger partial charge in [-0.2, -0.15) is 0 Å². The number of anilines is 1. The van der Waals surface area contributed by atoms with Gasteiger partial charge in [0.15, 0.2) is 23.9 Å². The number of amides is 1. The highest BCUT2D eigenvalue weighted by molar-refractivity contribution is 6.05. The summed E-state index contributed by atoms with van der Waals surface area (Å²) in [6, 6.07) is 9.54. The van der Waals surface area contributed by atoms with E-state index in [1.54, 1.807) is 31.2 Å². The predicted octanol–water partition coefficient (Wildman–Crippen LogP) is 2.80. The van der Waals surface area contributed by atoms with Gasteiger partial charge in [-0.3, -0.25) is 9.59 Å². The number of benzene rings is 2. The highest BCUT2D eigenvalue weighted by atomic mass is 16.5. The predicted molar refractivity (Wildman–Crippen MR) is 97.6 cm³/mol. The van der Waals surface area contributed by atoms with E-state index >= 15 is 0 Å². The molecule has 3 rings (SSSR count). The zero-order valence-electron chi connectivity index (χ0n) is 15.2. The molecule has 0 bridgehead atoms. The molecule has 1 aliphatic heterocycles. The van der Waals surface area contributed by atoms with Crippen LogP contribution in [-0.2, 0) is 9.53 Å². The Morgan fingerprint density at radius 2 is 1.70 bits per heavy atom. The van der Waals surface area contributed by atoms with Gasteiger partial charge in [0.1, 0.15) is 0 Å². The van der Waals surface area contributed by atoms with Crippen LogP contribution in [0.15, 0.2) is 36.4 Å². The van der Waals surface area contributed by atoms with Gasteiger partial charge in [0.25, 0.3) is 0 Å². The van der Waals surface area contributed by atoms with Crippen LogP contribution in [0.4, 0.5) is 5.69 Å². The number of fused-ring (bicyclic) bond motifs is 1. The van der Waals surface area contributed by atoms with Gasteiger partial charge in [0, 0.05) is 11.3 Å². The second-order valence-corrected chi connectivity index (χ2v) is 6.08. The van der Waals surface area contributed by atoms with Crippen molar-refractivity contribution in [3.8, 4) is 11.5 Å². The van der Waals surface area contributed by atoms with Gasteiger partial charge in [0.05, 0.1) is 25.7 Å². The Balaban J connectivity index is 1.68. The van der Waals surface area contributed by atoms with E-state index in [0.717, 1.165) is 5.56 Å². The Hall–Kier alpha value is -3.35. The highest BCUT2D eigenvalue weighted by Crippen LogP contribution is 2.33. The molecular weight excluding hydrogens is 350 g/mol. The van der Waals surface area contributed by atoms with E-state index in [9.17, 15) is 14.4 Å². The van der Waals surface area contributed by atoms with Crippen molar-refractivity contribution in [2.45, 2.75) is 12.8 Å². The first-order valence-electron chi connectivity index (χ1n) is 8.31. The summed E-state index contributed by atoms with van der Waals surface area (Å²) in [7, 11) is 2.96. The molecule has 1 atom stereocenters. The van der Waals surface area contributed by atoms with Crippen LogP contribution >= 0.6 is 0 Å². The van der Waals surface area contributed by atoms with E-state index in [0.29, 0.717) is 22.7 Å². The molecule has 0 aromatic heterocycles. The number of rotatable bonds is 6. The van der Waals surface area contributed by atoms with Crippen molar-refractivity contribution in [3.63, 3.8) is 0 Å². The second-order valence-electron chi connectivity index (χ2n) is 6.08. The topological polar surface area (TPSA) is 90.9 Å². The number of Topliss-reactive ketones (excluding diaryl/α,β-unsaturated/α-hetero) is 1. The molecule has 0 saturated heterocycles. The molecule has 1 N–H and O–H groups in total. The molecule has 1 heterocycles. The third-order valence-electron chi connectivity index (χ3n) is 4.44. The molecule has 0 unspecified atom stereocenters. The molecule has 7 heteroatoms. The Bertz CT molecular complexity index is 921. The summed E-state index contributed by atoms with van der Waals surface area (Å²) in [6.07, 6.45) is 0. The first kappa shape index (κ1) is 18.4.